The van der Waals surface area contributed by atoms with Crippen LogP contribution in [0.5, 0.6) is 0 Å². The van der Waals surface area contributed by atoms with Crippen molar-refractivity contribution in [3.05, 3.63) is 179 Å². The van der Waals surface area contributed by atoms with Gasteiger partial charge in [0.15, 0.2) is 0 Å². The average Bonchev–Trinajstić information content (AvgIpc) is 1.73. The smallest absolute Gasteiger partial charge is 0.337 e. The van der Waals surface area contributed by atoms with E-state index >= 15 is 0 Å². The number of benzene rings is 6. The molecule has 0 unspecified atom stereocenters. The van der Waals surface area contributed by atoms with Crippen LogP contribution in [0.4, 0.5) is 34.1 Å². The fraction of sp³-hybridized carbons (Fsp3) is 0.273. The van der Waals surface area contributed by atoms with E-state index < -0.39 is 36.3 Å². The number of methoxy groups -OCH3 is 2. The van der Waals surface area contributed by atoms with Crippen LogP contribution in [-0.2, 0) is 38.2 Å². The second-order valence-electron chi connectivity index (χ2n) is 21.6. The molecule has 0 saturated carbocycles. The number of ether oxygens (including phenoxy) is 2. The van der Waals surface area contributed by atoms with E-state index in [9.17, 15) is 38.4 Å². The number of carbonyl (C=O) groups excluding carboxylic acids is 6. The molecule has 10 rings (SSSR count). The van der Waals surface area contributed by atoms with Crippen molar-refractivity contribution < 1.29 is 58.0 Å². The van der Waals surface area contributed by atoms with Crippen molar-refractivity contribution in [2.45, 2.75) is 12.5 Å². The van der Waals surface area contributed by atoms with Gasteiger partial charge in [0.25, 0.3) is 11.8 Å². The topological polar surface area (TPSA) is 289 Å². The summed E-state index contributed by atoms with van der Waals surface area (Å²) in [6.07, 6.45) is -0.532. The molecule has 0 spiro atoms. The Hall–Kier alpha value is -10.0. The molecular formula is C66H73N11O12. The molecule has 8 N–H and O–H groups in total. The summed E-state index contributed by atoms with van der Waals surface area (Å²) in [7, 11) is 10.4. The van der Waals surface area contributed by atoms with E-state index in [4.69, 9.17) is 25.4 Å². The lowest BCUT2D eigenvalue weighted by Crippen LogP contribution is -2.48. The maximum Gasteiger partial charge on any atom is 0.337 e. The number of nitrogens with two attached hydrogens (primary N) is 1. The van der Waals surface area contributed by atoms with Crippen LogP contribution in [0.1, 0.15) is 49.4 Å². The highest BCUT2D eigenvalue weighted by Gasteiger charge is 2.32. The monoisotopic (exact) mass is 1210 g/mol. The first-order chi connectivity index (χ1) is 42.7. The Kier molecular flexibility index (Phi) is 21.9. The van der Waals surface area contributed by atoms with Crippen LogP contribution in [0.2, 0.25) is 0 Å². The molecule has 89 heavy (non-hydrogen) atoms. The molecule has 6 aromatic rings. The van der Waals surface area contributed by atoms with Gasteiger partial charge in [-0.3, -0.25) is 38.6 Å². The van der Waals surface area contributed by atoms with Gasteiger partial charge in [0.1, 0.15) is 6.04 Å². The van der Waals surface area contributed by atoms with Gasteiger partial charge >= 0.3 is 23.9 Å². The van der Waals surface area contributed by atoms with Crippen LogP contribution < -0.4 is 36.8 Å². The number of piperazine rings is 2. The van der Waals surface area contributed by atoms with Gasteiger partial charge in [0.2, 0.25) is 11.8 Å². The molecule has 6 aromatic carbocycles. The minimum Gasteiger partial charge on any atom is -0.481 e. The van der Waals surface area contributed by atoms with Crippen LogP contribution in [-0.4, -0.2) is 191 Å². The molecule has 4 aliphatic rings. The van der Waals surface area contributed by atoms with Crippen LogP contribution in [0.15, 0.2) is 146 Å². The zero-order valence-electron chi connectivity index (χ0n) is 50.4. The van der Waals surface area contributed by atoms with E-state index in [-0.39, 0.29) is 23.6 Å². The summed E-state index contributed by atoms with van der Waals surface area (Å²) in [5, 5.41) is 28.7. The molecule has 2 saturated heterocycles. The molecule has 1 atom stereocenters. The zero-order chi connectivity index (χ0) is 63.9. The summed E-state index contributed by atoms with van der Waals surface area (Å²) in [6, 6.07) is 43.1. The number of amides is 4. The maximum atomic E-state index is 13.2. The molecule has 0 bridgehead atoms. The number of fused-ring (bicyclic) bond motifs is 2. The number of rotatable bonds is 17. The lowest BCUT2D eigenvalue weighted by Gasteiger charge is -2.32. The number of esters is 2. The number of hydrogen-bond donors (Lipinski definition) is 7. The third-order valence-electron chi connectivity index (χ3n) is 15.4. The minimum absolute atomic E-state index is 0.0444. The number of carboxylic acids is 2. The number of nitrogens with one attached hydrogen (secondary N) is 4. The summed E-state index contributed by atoms with van der Waals surface area (Å²) in [5.41, 5.74) is 15.0. The van der Waals surface area contributed by atoms with Gasteiger partial charge in [-0.25, -0.2) is 9.59 Å². The number of anilines is 6. The van der Waals surface area contributed by atoms with Gasteiger partial charge in [-0.15, -0.1) is 0 Å². The molecule has 2 fully saturated rings. The highest BCUT2D eigenvalue weighted by atomic mass is 16.5. The van der Waals surface area contributed by atoms with Crippen molar-refractivity contribution >= 4 is 104 Å². The van der Waals surface area contributed by atoms with Gasteiger partial charge in [-0.05, 0) is 98.0 Å². The number of carboxylic acid groups (broad SMARTS) is 2. The zero-order valence-corrected chi connectivity index (χ0v) is 50.4. The lowest BCUT2D eigenvalue weighted by atomic mass is 9.99. The van der Waals surface area contributed by atoms with Crippen LogP contribution in [0, 0.1) is 0 Å². The lowest BCUT2D eigenvalue weighted by molar-refractivity contribution is -0.144. The number of carbonyl (C=O) groups is 8. The van der Waals surface area contributed by atoms with E-state index in [1.807, 2.05) is 109 Å². The fourth-order valence-corrected chi connectivity index (χ4v) is 10.1. The van der Waals surface area contributed by atoms with Crippen molar-refractivity contribution in [3.63, 3.8) is 0 Å². The van der Waals surface area contributed by atoms with E-state index in [0.29, 0.717) is 69.3 Å². The summed E-state index contributed by atoms with van der Waals surface area (Å²) in [6.45, 7) is 8.18. The summed E-state index contributed by atoms with van der Waals surface area (Å²) in [5.74, 6) is -3.89. The number of aliphatic carboxylic acids is 2. The van der Waals surface area contributed by atoms with Crippen LogP contribution in [0.25, 0.3) is 22.5 Å². The first-order valence-electron chi connectivity index (χ1n) is 28.7. The minimum atomic E-state index is -1.29. The Morgan fingerprint density at radius 3 is 1.20 bits per heavy atom. The number of nitrogens with zero attached hydrogens (tertiary/aromatic N) is 6. The van der Waals surface area contributed by atoms with E-state index in [1.54, 1.807) is 60.3 Å². The van der Waals surface area contributed by atoms with E-state index in [0.717, 1.165) is 86.2 Å². The predicted molar refractivity (Wildman–Crippen MR) is 342 cm³/mol. The Morgan fingerprint density at radius 1 is 0.528 bits per heavy atom. The molecule has 0 aliphatic carbocycles. The molecule has 23 heteroatoms. The summed E-state index contributed by atoms with van der Waals surface area (Å²) in [4.78, 5) is 108. The molecule has 464 valence electrons. The standard InChI is InChI=1S/2C31H33N5O4.C4H7NO4/c2*1-34-15-17-36(18-16-34)20-27(37)35(2)24-12-10-23(11-13-24)32-29(21-7-5-4-6-8-21)28-25-14-9-22(31(39)40-3)19-26(25)33-30(28)38;5-2(4(8)9)1-3(6)7/h2*4-14,19,32H,15-18,20H2,1-3H3,(H,33,38);2H,1,5H2,(H,6,7)(H,8,9)/b2*29-28-;/t;;2-/m..0/s1. The highest BCUT2D eigenvalue weighted by molar-refractivity contribution is 6.38. The van der Waals surface area contributed by atoms with Crippen LogP contribution in [0.3, 0.4) is 0 Å². The average molecular weight is 1210 g/mol. The Balaban J connectivity index is 0.000000202. The van der Waals surface area contributed by atoms with Crippen molar-refractivity contribution in [3.8, 4) is 0 Å². The molecule has 0 radical (unpaired) electrons. The molecule has 0 aromatic heterocycles. The first-order valence-corrected chi connectivity index (χ1v) is 28.7. The van der Waals surface area contributed by atoms with Gasteiger partial charge in [-0.2, -0.15) is 0 Å². The predicted octanol–water partition coefficient (Wildman–Crippen LogP) is 6.10. The SMILES string of the molecule is COC(=O)c1ccc2c(c1)NC(=O)/C2=C(\Nc1ccc(N(C)C(=O)CN2CCN(C)CC2)cc1)c1ccccc1.COC(=O)c1ccc2c(c1)NC(=O)/C2=C(\Nc1ccc(N(C)C(=O)CN2CCN(C)CC2)cc1)c1ccccc1.N[C@@H](CC(=O)O)C(=O)O. The molecule has 4 aliphatic heterocycles. The largest absolute Gasteiger partial charge is 0.481 e. The van der Waals surface area contributed by atoms with Crippen molar-refractivity contribution in [2.75, 3.05) is 139 Å². The van der Waals surface area contributed by atoms with E-state index in [2.05, 4.69) is 55.0 Å². The van der Waals surface area contributed by atoms with Crippen molar-refractivity contribution in [2.24, 2.45) is 5.73 Å². The molecule has 4 heterocycles. The Labute approximate surface area is 515 Å². The third-order valence-corrected chi connectivity index (χ3v) is 15.4. The Bertz CT molecular complexity index is 3420. The first kappa shape index (κ1) is 64.9. The summed E-state index contributed by atoms with van der Waals surface area (Å²) >= 11 is 0. The van der Waals surface area contributed by atoms with Crippen molar-refractivity contribution in [1.29, 1.82) is 0 Å². The maximum absolute atomic E-state index is 13.2. The van der Waals surface area contributed by atoms with Gasteiger partial charge in [0.05, 0.1) is 78.8 Å². The highest BCUT2D eigenvalue weighted by Crippen LogP contribution is 2.40. The quantitative estimate of drug-likeness (QED) is 0.0401. The molecular weight excluding hydrogens is 1140 g/mol. The van der Waals surface area contributed by atoms with Crippen molar-refractivity contribution in [1.82, 2.24) is 19.6 Å². The van der Waals surface area contributed by atoms with Gasteiger partial charge in [0, 0.05) is 100 Å². The van der Waals surface area contributed by atoms with Gasteiger partial charge in [-0.1, -0.05) is 72.8 Å². The van der Waals surface area contributed by atoms with E-state index in [1.165, 1.54) is 14.2 Å². The molecule has 23 nitrogen and oxygen atoms in total. The second kappa shape index (κ2) is 30.0. The normalized spacial score (nSPS) is 16.2. The van der Waals surface area contributed by atoms with Crippen LogP contribution >= 0.6 is 0 Å². The number of likely N-dealkylation sites (N-methyl/N-ethyl adjacent to an activating group) is 4. The summed E-state index contributed by atoms with van der Waals surface area (Å²) < 4.78 is 9.65. The fourth-order valence-electron chi connectivity index (χ4n) is 10.1. The second-order valence-corrected chi connectivity index (χ2v) is 21.6. The van der Waals surface area contributed by atoms with Gasteiger partial charge < -0.3 is 66.3 Å². The number of hydrogen-bond acceptors (Lipinski definition) is 17. The third kappa shape index (κ3) is 16.7. The Morgan fingerprint density at radius 2 is 0.888 bits per heavy atom. The molecule has 4 amide bonds.